The van der Waals surface area contributed by atoms with E-state index in [1.807, 2.05) is 11.3 Å². The molecule has 3 heteroatoms. The molecular weight excluding hydrogens is 252 g/mol. The molecular formula is C16H28N2S. The molecule has 0 saturated carbocycles. The van der Waals surface area contributed by atoms with Gasteiger partial charge in [0.1, 0.15) is 0 Å². The van der Waals surface area contributed by atoms with Gasteiger partial charge in [0.05, 0.1) is 0 Å². The van der Waals surface area contributed by atoms with Crippen molar-refractivity contribution in [2.75, 3.05) is 13.1 Å². The van der Waals surface area contributed by atoms with Gasteiger partial charge in [0, 0.05) is 41.5 Å². The van der Waals surface area contributed by atoms with Gasteiger partial charge in [-0.15, -0.1) is 11.3 Å². The number of rotatable bonds is 4. The van der Waals surface area contributed by atoms with E-state index in [0.29, 0.717) is 0 Å². The van der Waals surface area contributed by atoms with Crippen LogP contribution < -0.4 is 5.32 Å². The lowest BCUT2D eigenvalue weighted by atomic mass is 10.0. The average Bonchev–Trinajstić information content (AvgIpc) is 2.84. The van der Waals surface area contributed by atoms with Crippen LogP contribution in [0.5, 0.6) is 0 Å². The molecule has 1 aromatic rings. The molecule has 1 N–H and O–H groups in total. The lowest BCUT2D eigenvalue weighted by Crippen LogP contribution is -2.34. The van der Waals surface area contributed by atoms with Gasteiger partial charge < -0.3 is 5.32 Å². The Bertz CT molecular complexity index is 395. The molecule has 108 valence electrons. The first-order valence-electron chi connectivity index (χ1n) is 7.38. The molecule has 0 amide bonds. The molecule has 2 unspecified atom stereocenters. The quantitative estimate of drug-likeness (QED) is 0.904. The summed E-state index contributed by atoms with van der Waals surface area (Å²) < 4.78 is 0. The van der Waals surface area contributed by atoms with Crippen LogP contribution in [0.25, 0.3) is 0 Å². The standard InChI is InChI=1S/C16H28N2S/c1-12-9-18(10-13(12)2)11-15-7-6-14(19-15)8-17-16(3,4)5/h6-7,12-13,17H,8-11H2,1-5H3. The number of hydrogen-bond acceptors (Lipinski definition) is 3. The fraction of sp³-hybridized carbons (Fsp3) is 0.750. The summed E-state index contributed by atoms with van der Waals surface area (Å²) in [5.74, 6) is 1.70. The predicted octanol–water partition coefficient (Wildman–Crippen LogP) is 3.72. The van der Waals surface area contributed by atoms with Crippen molar-refractivity contribution in [3.8, 4) is 0 Å². The van der Waals surface area contributed by atoms with Gasteiger partial charge in [0.2, 0.25) is 0 Å². The highest BCUT2D eigenvalue weighted by Crippen LogP contribution is 2.26. The molecule has 1 aliphatic heterocycles. The molecule has 2 rings (SSSR count). The highest BCUT2D eigenvalue weighted by molar-refractivity contribution is 7.11. The molecule has 19 heavy (non-hydrogen) atoms. The molecule has 1 saturated heterocycles. The Hall–Kier alpha value is -0.380. The predicted molar refractivity (Wildman–Crippen MR) is 84.5 cm³/mol. The largest absolute Gasteiger partial charge is 0.307 e. The third-order valence-corrected chi connectivity index (χ3v) is 5.02. The van der Waals surface area contributed by atoms with Crippen molar-refractivity contribution in [3.63, 3.8) is 0 Å². The summed E-state index contributed by atoms with van der Waals surface area (Å²) in [6.07, 6.45) is 0. The van der Waals surface area contributed by atoms with Crippen LogP contribution in [-0.4, -0.2) is 23.5 Å². The summed E-state index contributed by atoms with van der Waals surface area (Å²) in [6, 6.07) is 4.58. The number of nitrogens with zero attached hydrogens (tertiary/aromatic N) is 1. The Morgan fingerprint density at radius 3 is 2.32 bits per heavy atom. The lowest BCUT2D eigenvalue weighted by molar-refractivity contribution is 0.319. The molecule has 0 aliphatic carbocycles. The monoisotopic (exact) mass is 280 g/mol. The molecule has 2 atom stereocenters. The number of thiophene rings is 1. The van der Waals surface area contributed by atoms with Gasteiger partial charge >= 0.3 is 0 Å². The minimum absolute atomic E-state index is 0.198. The second-order valence-corrected chi connectivity index (χ2v) is 8.37. The van der Waals surface area contributed by atoms with Gasteiger partial charge in [-0.1, -0.05) is 13.8 Å². The Morgan fingerprint density at radius 1 is 1.16 bits per heavy atom. The van der Waals surface area contributed by atoms with Crippen LogP contribution in [-0.2, 0) is 13.1 Å². The van der Waals surface area contributed by atoms with E-state index in [2.05, 4.69) is 57.0 Å². The second kappa shape index (κ2) is 5.94. The molecule has 0 spiro atoms. The van der Waals surface area contributed by atoms with Gasteiger partial charge in [-0.2, -0.15) is 0 Å². The molecule has 1 fully saturated rings. The summed E-state index contributed by atoms with van der Waals surface area (Å²) in [4.78, 5) is 5.56. The van der Waals surface area contributed by atoms with Crippen molar-refractivity contribution in [2.24, 2.45) is 11.8 Å². The van der Waals surface area contributed by atoms with Crippen molar-refractivity contribution in [1.29, 1.82) is 0 Å². The second-order valence-electron chi connectivity index (χ2n) is 7.12. The fourth-order valence-corrected chi connectivity index (χ4v) is 3.55. The van der Waals surface area contributed by atoms with Crippen molar-refractivity contribution >= 4 is 11.3 Å². The first-order chi connectivity index (χ1) is 8.83. The van der Waals surface area contributed by atoms with Crippen LogP contribution in [0.3, 0.4) is 0 Å². The van der Waals surface area contributed by atoms with E-state index in [9.17, 15) is 0 Å². The van der Waals surface area contributed by atoms with Crippen LogP contribution in [0.4, 0.5) is 0 Å². The fourth-order valence-electron chi connectivity index (χ4n) is 2.55. The normalized spacial score (nSPS) is 25.1. The van der Waals surface area contributed by atoms with Crippen LogP contribution in [0.2, 0.25) is 0 Å². The Balaban J connectivity index is 1.84. The molecule has 0 aromatic carbocycles. The molecule has 0 radical (unpaired) electrons. The third-order valence-electron chi connectivity index (χ3n) is 3.95. The van der Waals surface area contributed by atoms with Gasteiger partial charge in [-0.25, -0.2) is 0 Å². The van der Waals surface area contributed by atoms with E-state index in [0.717, 1.165) is 24.9 Å². The number of likely N-dealkylation sites (tertiary alicyclic amines) is 1. The number of hydrogen-bond donors (Lipinski definition) is 1. The molecule has 1 aromatic heterocycles. The van der Waals surface area contributed by atoms with E-state index in [-0.39, 0.29) is 5.54 Å². The summed E-state index contributed by atoms with van der Waals surface area (Å²) in [5.41, 5.74) is 0.198. The smallest absolute Gasteiger partial charge is 0.0328 e. The van der Waals surface area contributed by atoms with Crippen molar-refractivity contribution in [3.05, 3.63) is 21.9 Å². The minimum atomic E-state index is 0.198. The zero-order chi connectivity index (χ0) is 14.0. The summed E-state index contributed by atoms with van der Waals surface area (Å²) in [7, 11) is 0. The van der Waals surface area contributed by atoms with Crippen LogP contribution in [0, 0.1) is 11.8 Å². The maximum Gasteiger partial charge on any atom is 0.0328 e. The van der Waals surface area contributed by atoms with Crippen molar-refractivity contribution < 1.29 is 0 Å². The third kappa shape index (κ3) is 4.59. The van der Waals surface area contributed by atoms with Crippen molar-refractivity contribution in [2.45, 2.75) is 53.2 Å². The molecule has 1 aliphatic rings. The van der Waals surface area contributed by atoms with Crippen LogP contribution in [0.1, 0.15) is 44.4 Å². The van der Waals surface area contributed by atoms with Gasteiger partial charge in [0.15, 0.2) is 0 Å². The zero-order valence-corrected chi connectivity index (χ0v) is 13.8. The first-order valence-corrected chi connectivity index (χ1v) is 8.20. The van der Waals surface area contributed by atoms with Crippen LogP contribution in [0.15, 0.2) is 12.1 Å². The van der Waals surface area contributed by atoms with E-state index in [4.69, 9.17) is 0 Å². The Kier molecular flexibility index (Phi) is 4.70. The minimum Gasteiger partial charge on any atom is -0.307 e. The molecule has 2 heterocycles. The van der Waals surface area contributed by atoms with Crippen LogP contribution >= 0.6 is 11.3 Å². The Labute approximate surface area is 122 Å². The van der Waals surface area contributed by atoms with E-state index in [1.165, 1.54) is 22.8 Å². The Morgan fingerprint density at radius 2 is 1.74 bits per heavy atom. The maximum atomic E-state index is 3.56. The molecule has 0 bridgehead atoms. The van der Waals surface area contributed by atoms with Gasteiger partial charge in [-0.05, 0) is 44.7 Å². The highest BCUT2D eigenvalue weighted by Gasteiger charge is 2.26. The maximum absolute atomic E-state index is 3.56. The van der Waals surface area contributed by atoms with E-state index < -0.39 is 0 Å². The lowest BCUT2D eigenvalue weighted by Gasteiger charge is -2.19. The zero-order valence-electron chi connectivity index (χ0n) is 13.0. The average molecular weight is 280 g/mol. The summed E-state index contributed by atoms with van der Waals surface area (Å²) in [5, 5.41) is 3.56. The molecule has 2 nitrogen and oxygen atoms in total. The summed E-state index contributed by atoms with van der Waals surface area (Å²) in [6.45, 7) is 16.0. The first kappa shape index (κ1) is 15.0. The topological polar surface area (TPSA) is 15.3 Å². The van der Waals surface area contributed by atoms with E-state index >= 15 is 0 Å². The van der Waals surface area contributed by atoms with Gasteiger partial charge in [0.25, 0.3) is 0 Å². The number of nitrogens with one attached hydrogen (secondary N) is 1. The summed E-state index contributed by atoms with van der Waals surface area (Å²) >= 11 is 1.96. The SMILES string of the molecule is CC1CN(Cc2ccc(CNC(C)(C)C)s2)CC1C. The van der Waals surface area contributed by atoms with Crippen molar-refractivity contribution in [1.82, 2.24) is 10.2 Å². The van der Waals surface area contributed by atoms with E-state index in [1.54, 1.807) is 0 Å². The van der Waals surface area contributed by atoms with Gasteiger partial charge in [-0.3, -0.25) is 4.90 Å². The highest BCUT2D eigenvalue weighted by atomic mass is 32.1.